The van der Waals surface area contributed by atoms with E-state index in [1.807, 2.05) is 24.3 Å². The average molecular weight is 572 g/mol. The van der Waals surface area contributed by atoms with Crippen LogP contribution in [0.25, 0.3) is 0 Å². The van der Waals surface area contributed by atoms with Crippen molar-refractivity contribution in [2.75, 3.05) is 0 Å². The number of alkyl halides is 3. The van der Waals surface area contributed by atoms with Gasteiger partial charge in [-0.05, 0) is 85.8 Å². The number of aliphatic imine (C=N–C) groups is 1. The van der Waals surface area contributed by atoms with E-state index in [-0.39, 0.29) is 11.5 Å². The molecule has 0 saturated carbocycles. The van der Waals surface area contributed by atoms with Crippen LogP contribution >= 0.6 is 31.9 Å². The van der Waals surface area contributed by atoms with Crippen molar-refractivity contribution < 1.29 is 22.8 Å². The minimum Gasteiger partial charge on any atom is -0.448 e. The zero-order valence-corrected chi connectivity index (χ0v) is 19.7. The first-order valence-corrected chi connectivity index (χ1v) is 10.8. The molecule has 166 valence electrons. The number of nitro benzene ring substituents is 1. The van der Waals surface area contributed by atoms with E-state index >= 15 is 0 Å². The molecule has 0 unspecified atom stereocenters. The van der Waals surface area contributed by atoms with Gasteiger partial charge in [-0.15, -0.1) is 0 Å². The topological polar surface area (TPSA) is 64.7 Å². The van der Waals surface area contributed by atoms with E-state index in [1.165, 1.54) is 5.56 Å². The summed E-state index contributed by atoms with van der Waals surface area (Å²) < 4.78 is 45.2. The van der Waals surface area contributed by atoms with Crippen molar-refractivity contribution >= 4 is 49.4 Å². The van der Waals surface area contributed by atoms with Crippen LogP contribution in [0.15, 0.2) is 68.5 Å². The lowest BCUT2D eigenvalue weighted by Crippen LogP contribution is -2.06. The number of hydrogen-bond donors (Lipinski definition) is 0. The van der Waals surface area contributed by atoms with Crippen LogP contribution in [-0.4, -0.2) is 11.1 Å². The van der Waals surface area contributed by atoms with Gasteiger partial charge in [0.15, 0.2) is 5.75 Å². The Morgan fingerprint density at radius 3 is 2.22 bits per heavy atom. The summed E-state index contributed by atoms with van der Waals surface area (Å²) in [6.07, 6.45) is -2.13. The van der Waals surface area contributed by atoms with Gasteiger partial charge in [0.1, 0.15) is 0 Å². The summed E-state index contributed by atoms with van der Waals surface area (Å²) in [4.78, 5) is 14.8. The number of halogens is 5. The van der Waals surface area contributed by atoms with E-state index in [0.29, 0.717) is 20.6 Å². The van der Waals surface area contributed by atoms with Gasteiger partial charge < -0.3 is 4.74 Å². The fraction of sp³-hybridized carbons (Fsp3) is 0.136. The van der Waals surface area contributed by atoms with E-state index in [4.69, 9.17) is 4.74 Å². The third-order valence-corrected chi connectivity index (χ3v) is 5.60. The minimum absolute atomic E-state index is 0.178. The molecular formula is C22H15Br2F3N2O3. The predicted molar refractivity (Wildman–Crippen MR) is 123 cm³/mol. The summed E-state index contributed by atoms with van der Waals surface area (Å²) in [5, 5.41) is 11.3. The number of aryl methyl sites for hydroxylation is 1. The van der Waals surface area contributed by atoms with Crippen LogP contribution in [0.3, 0.4) is 0 Å². The SMILES string of the molecule is CCc1ccc(N=Cc2cc(Br)c(Oc3ccc(C(F)(F)F)cc3[N+](=O)[O-])c(Br)c2)cc1. The van der Waals surface area contributed by atoms with Gasteiger partial charge in [-0.25, -0.2) is 0 Å². The highest BCUT2D eigenvalue weighted by molar-refractivity contribution is 9.11. The van der Waals surface area contributed by atoms with E-state index < -0.39 is 22.4 Å². The monoisotopic (exact) mass is 570 g/mol. The Hall–Kier alpha value is -2.72. The highest BCUT2D eigenvalue weighted by atomic mass is 79.9. The molecule has 0 N–H and O–H groups in total. The highest BCUT2D eigenvalue weighted by Crippen LogP contribution is 2.42. The quantitative estimate of drug-likeness (QED) is 0.170. The Bertz CT molecular complexity index is 1160. The maximum Gasteiger partial charge on any atom is 0.416 e. The number of nitro groups is 1. The number of benzene rings is 3. The second-order valence-corrected chi connectivity index (χ2v) is 8.34. The maximum atomic E-state index is 12.9. The molecule has 5 nitrogen and oxygen atoms in total. The summed E-state index contributed by atoms with van der Waals surface area (Å²) in [5.41, 5.74) is 0.758. The van der Waals surface area contributed by atoms with Gasteiger partial charge in [0.25, 0.3) is 0 Å². The van der Waals surface area contributed by atoms with E-state index in [1.54, 1.807) is 18.3 Å². The Kier molecular flexibility index (Phi) is 7.35. The van der Waals surface area contributed by atoms with Crippen LogP contribution in [0, 0.1) is 10.1 Å². The van der Waals surface area contributed by atoms with Gasteiger partial charge in [-0.3, -0.25) is 15.1 Å². The summed E-state index contributed by atoms with van der Waals surface area (Å²) in [7, 11) is 0. The molecule has 3 rings (SSSR count). The van der Waals surface area contributed by atoms with Crippen LogP contribution < -0.4 is 4.74 Å². The molecule has 0 spiro atoms. The number of rotatable bonds is 6. The molecule has 32 heavy (non-hydrogen) atoms. The summed E-state index contributed by atoms with van der Waals surface area (Å²) in [5.74, 6) is -0.140. The second kappa shape index (κ2) is 9.83. The summed E-state index contributed by atoms with van der Waals surface area (Å²) >= 11 is 6.68. The normalized spacial score (nSPS) is 11.7. The third-order valence-electron chi connectivity index (χ3n) is 4.42. The molecule has 0 amide bonds. The van der Waals surface area contributed by atoms with Crippen molar-refractivity contribution in [1.82, 2.24) is 0 Å². The zero-order valence-electron chi connectivity index (χ0n) is 16.5. The molecule has 0 radical (unpaired) electrons. The molecule has 0 fully saturated rings. The highest BCUT2D eigenvalue weighted by Gasteiger charge is 2.33. The average Bonchev–Trinajstić information content (AvgIpc) is 2.74. The van der Waals surface area contributed by atoms with Crippen molar-refractivity contribution in [2.45, 2.75) is 19.5 Å². The molecule has 3 aromatic rings. The van der Waals surface area contributed by atoms with E-state index in [2.05, 4.69) is 43.8 Å². The molecule has 10 heteroatoms. The van der Waals surface area contributed by atoms with Crippen molar-refractivity contribution in [2.24, 2.45) is 4.99 Å². The number of nitrogens with zero attached hydrogens (tertiary/aromatic N) is 2. The van der Waals surface area contributed by atoms with Gasteiger partial charge in [0.2, 0.25) is 5.75 Å². The Morgan fingerprint density at radius 2 is 1.69 bits per heavy atom. The summed E-state index contributed by atoms with van der Waals surface area (Å²) in [6, 6.07) is 13.3. The second-order valence-electron chi connectivity index (χ2n) is 6.63. The van der Waals surface area contributed by atoms with Crippen LogP contribution in [0.5, 0.6) is 11.5 Å². The smallest absolute Gasteiger partial charge is 0.416 e. The molecule has 0 aliphatic carbocycles. The van der Waals surface area contributed by atoms with Crippen LogP contribution in [0.4, 0.5) is 24.5 Å². The van der Waals surface area contributed by atoms with E-state index in [9.17, 15) is 23.3 Å². The Balaban J connectivity index is 1.88. The van der Waals surface area contributed by atoms with Crippen molar-refractivity contribution in [1.29, 1.82) is 0 Å². The first-order valence-electron chi connectivity index (χ1n) is 9.24. The van der Waals surface area contributed by atoms with E-state index in [0.717, 1.165) is 24.2 Å². The zero-order chi connectivity index (χ0) is 23.5. The molecule has 0 atom stereocenters. The minimum atomic E-state index is -4.71. The van der Waals surface area contributed by atoms with Crippen molar-refractivity contribution in [3.63, 3.8) is 0 Å². The molecule has 0 bridgehead atoms. The van der Waals surface area contributed by atoms with Crippen LogP contribution in [-0.2, 0) is 12.6 Å². The first kappa shape index (κ1) is 23.9. The lowest BCUT2D eigenvalue weighted by atomic mass is 10.1. The molecule has 0 aliphatic rings. The fourth-order valence-corrected chi connectivity index (χ4v) is 4.13. The maximum absolute atomic E-state index is 12.9. The number of hydrogen-bond acceptors (Lipinski definition) is 4. The molecule has 0 heterocycles. The standard InChI is InChI=1S/C22H15Br2F3N2O3/c1-2-13-3-6-16(7-4-13)28-12-14-9-17(23)21(18(24)10-14)32-20-8-5-15(22(25,26)27)11-19(20)29(30)31/h3-12H,2H2,1H3. The number of ether oxygens (including phenoxy) is 1. The van der Waals surface area contributed by atoms with Crippen LogP contribution in [0.1, 0.15) is 23.6 Å². The summed E-state index contributed by atoms with van der Waals surface area (Å²) in [6.45, 7) is 2.07. The largest absolute Gasteiger partial charge is 0.448 e. The fourth-order valence-electron chi connectivity index (χ4n) is 2.75. The Labute approximate surface area is 198 Å². The predicted octanol–water partition coefficient (Wildman–Crippen LogP) is 8.24. The molecule has 0 aliphatic heterocycles. The molecule has 0 aromatic heterocycles. The molecular weight excluding hydrogens is 557 g/mol. The first-order chi connectivity index (χ1) is 15.1. The van der Waals surface area contributed by atoms with Gasteiger partial charge in [-0.2, -0.15) is 13.2 Å². The lowest BCUT2D eigenvalue weighted by molar-refractivity contribution is -0.385. The molecule has 0 saturated heterocycles. The Morgan fingerprint density at radius 1 is 1.06 bits per heavy atom. The van der Waals surface area contributed by atoms with Gasteiger partial charge in [-0.1, -0.05) is 19.1 Å². The lowest BCUT2D eigenvalue weighted by Gasteiger charge is -2.13. The molecule has 3 aromatic carbocycles. The van der Waals surface area contributed by atoms with Crippen molar-refractivity contribution in [3.8, 4) is 11.5 Å². The van der Waals surface area contributed by atoms with Crippen molar-refractivity contribution in [3.05, 3.63) is 90.3 Å². The van der Waals surface area contributed by atoms with Gasteiger partial charge in [0.05, 0.1) is 25.1 Å². The van der Waals surface area contributed by atoms with Gasteiger partial charge >= 0.3 is 11.9 Å². The van der Waals surface area contributed by atoms with Crippen LogP contribution in [0.2, 0.25) is 0 Å². The third kappa shape index (κ3) is 5.74. The van der Waals surface area contributed by atoms with Gasteiger partial charge in [0, 0.05) is 12.3 Å².